The Bertz CT molecular complexity index is 3300. The van der Waals surface area contributed by atoms with Crippen molar-refractivity contribution in [1.82, 2.24) is 0 Å². The van der Waals surface area contributed by atoms with E-state index in [2.05, 4.69) is 203 Å². The molecule has 0 amide bonds. The van der Waals surface area contributed by atoms with E-state index in [0.29, 0.717) is 13.2 Å². The van der Waals surface area contributed by atoms with Gasteiger partial charge in [0.1, 0.15) is 17.2 Å². The highest BCUT2D eigenvalue weighted by Gasteiger charge is 1.99. The minimum Gasteiger partial charge on any atom is -0.497 e. The second-order valence-corrected chi connectivity index (χ2v) is 20.8. The lowest BCUT2D eigenvalue weighted by Crippen LogP contribution is -1.90. The van der Waals surface area contributed by atoms with Gasteiger partial charge in [-0.2, -0.15) is 0 Å². The highest BCUT2D eigenvalue weighted by molar-refractivity contribution is 5.48. The molecule has 0 heterocycles. The molecule has 0 aliphatic carbocycles. The van der Waals surface area contributed by atoms with E-state index in [0.717, 1.165) is 68.2 Å². The van der Waals surface area contributed by atoms with Gasteiger partial charge in [0.15, 0.2) is 0 Å². The molecule has 432 valence electrons. The summed E-state index contributed by atoms with van der Waals surface area (Å²) in [6.07, 6.45) is 18.7. The van der Waals surface area contributed by atoms with Crippen LogP contribution >= 0.6 is 0 Å². The number of hydrogen-bond acceptors (Lipinski definition) is 3. The molecule has 0 aromatic heterocycles. The Morgan fingerprint density at radius 1 is 0.250 bits per heavy atom. The monoisotopic (exact) mass is 1110 g/mol. The van der Waals surface area contributed by atoms with Crippen molar-refractivity contribution >= 4 is 0 Å². The van der Waals surface area contributed by atoms with Gasteiger partial charge >= 0.3 is 0 Å². The molecule has 0 spiro atoms. The Morgan fingerprint density at radius 3 is 0.690 bits per heavy atom. The van der Waals surface area contributed by atoms with E-state index in [4.69, 9.17) is 14.2 Å². The second kappa shape index (κ2) is 40.6. The fourth-order valence-electron chi connectivity index (χ4n) is 8.63. The maximum atomic E-state index is 5.43. The molecule has 0 fully saturated rings. The van der Waals surface area contributed by atoms with Crippen LogP contribution in [0.3, 0.4) is 0 Å². The predicted octanol–water partition coefficient (Wildman–Crippen LogP) is 20.0. The Morgan fingerprint density at radius 2 is 0.464 bits per heavy atom. The summed E-state index contributed by atoms with van der Waals surface area (Å²) in [6.45, 7) is 16.4. The summed E-state index contributed by atoms with van der Waals surface area (Å²) in [5, 5.41) is 0. The van der Waals surface area contributed by atoms with Gasteiger partial charge in [0, 0.05) is 44.5 Å². The molecule has 0 radical (unpaired) electrons. The highest BCUT2D eigenvalue weighted by Crippen LogP contribution is 2.16. The molecule has 0 atom stereocenters. The third-order valence-corrected chi connectivity index (χ3v) is 13.7. The number of rotatable bonds is 20. The molecule has 0 saturated heterocycles. The number of methoxy groups -OCH3 is 1. The van der Waals surface area contributed by atoms with Crippen molar-refractivity contribution in [2.24, 2.45) is 0 Å². The maximum Gasteiger partial charge on any atom is 0.119 e. The minimum atomic E-state index is 0.690. The lowest BCUT2D eigenvalue weighted by atomic mass is 10.1. The van der Waals surface area contributed by atoms with E-state index >= 15 is 0 Å². The average Bonchev–Trinajstić information content (AvgIpc) is 3.56. The first-order valence-corrected chi connectivity index (χ1v) is 30.8. The van der Waals surface area contributed by atoms with E-state index in [1.165, 1.54) is 118 Å². The maximum absolute atomic E-state index is 5.43. The molecule has 8 rings (SSSR count). The van der Waals surface area contributed by atoms with Gasteiger partial charge in [-0.25, -0.2) is 0 Å². The Kier molecular flexibility index (Phi) is 32.0. The Balaban J connectivity index is 0.000000205. The number of hydrogen-bond donors (Lipinski definition) is 0. The summed E-state index contributed by atoms with van der Waals surface area (Å²) >= 11 is 0. The molecular weight excluding hydrogens is 1020 g/mol. The lowest BCUT2D eigenvalue weighted by Gasteiger charge is -2.01. The highest BCUT2D eigenvalue weighted by atomic mass is 16.5. The van der Waals surface area contributed by atoms with Gasteiger partial charge in [0.2, 0.25) is 0 Å². The van der Waals surface area contributed by atoms with E-state index in [-0.39, 0.29) is 0 Å². The molecule has 0 unspecified atom stereocenters. The minimum absolute atomic E-state index is 0.690. The van der Waals surface area contributed by atoms with Crippen LogP contribution in [0.4, 0.5) is 0 Å². The van der Waals surface area contributed by atoms with Gasteiger partial charge < -0.3 is 14.2 Å². The summed E-state index contributed by atoms with van der Waals surface area (Å²) in [7, 11) is 1.67. The van der Waals surface area contributed by atoms with E-state index in [1.807, 2.05) is 86.6 Å². The van der Waals surface area contributed by atoms with Gasteiger partial charge in [-0.3, -0.25) is 0 Å². The molecule has 8 aromatic rings. The summed E-state index contributed by atoms with van der Waals surface area (Å²) in [4.78, 5) is 0. The molecule has 84 heavy (non-hydrogen) atoms. The van der Waals surface area contributed by atoms with Gasteiger partial charge in [0.25, 0.3) is 0 Å². The third kappa shape index (κ3) is 27.4. The van der Waals surface area contributed by atoms with Crippen LogP contribution in [-0.2, 0) is 25.7 Å². The summed E-state index contributed by atoms with van der Waals surface area (Å²) in [5.74, 6) is 28.3. The summed E-state index contributed by atoms with van der Waals surface area (Å²) < 4.78 is 16.0. The standard InChI is InChI=1S/C21H24O.2C20H22O.C20H22/c1-3-5-6-7-18-8-10-19(11-9-18)12-13-20-14-16-21(17-15-20)22-4-2;1-3-4-5-6-17-7-9-18(10-8-17)11-12-19-13-15-20(21-2)16-14-19;1-3-5-6-17-7-9-18(10-8-17)11-12-19-13-15-20(16-14-19)21-4-2;1-3-4-5-6-18-11-13-20(14-12-18)16-15-19-9-7-17(2)8-10-19/h8-11,14-17H,3-7H2,1-2H3;2*7-10,13-16H,3-6H2,1-2H3;7-14H,3-6H2,1-2H3. The largest absolute Gasteiger partial charge is 0.497 e. The van der Waals surface area contributed by atoms with E-state index in [1.54, 1.807) is 7.11 Å². The smallest absolute Gasteiger partial charge is 0.119 e. The number of aryl methyl sites for hydroxylation is 5. The first kappa shape index (κ1) is 66.2. The van der Waals surface area contributed by atoms with Crippen molar-refractivity contribution in [2.75, 3.05) is 20.3 Å². The first-order valence-electron chi connectivity index (χ1n) is 30.8. The van der Waals surface area contributed by atoms with Crippen LogP contribution in [0.25, 0.3) is 0 Å². The third-order valence-electron chi connectivity index (χ3n) is 13.7. The summed E-state index contributed by atoms with van der Waals surface area (Å²) in [5.41, 5.74) is 15.2. The van der Waals surface area contributed by atoms with Crippen molar-refractivity contribution in [3.63, 3.8) is 0 Å². The lowest BCUT2D eigenvalue weighted by molar-refractivity contribution is 0.340. The first-order chi connectivity index (χ1) is 41.2. The number of benzene rings is 8. The van der Waals surface area contributed by atoms with Gasteiger partial charge in [0.05, 0.1) is 20.3 Å². The van der Waals surface area contributed by atoms with Crippen molar-refractivity contribution < 1.29 is 14.2 Å². The van der Waals surface area contributed by atoms with Crippen LogP contribution in [-0.4, -0.2) is 20.3 Å². The van der Waals surface area contributed by atoms with Crippen LogP contribution in [0.1, 0.15) is 184 Å². The van der Waals surface area contributed by atoms with Crippen molar-refractivity contribution in [1.29, 1.82) is 0 Å². The fourth-order valence-corrected chi connectivity index (χ4v) is 8.63. The normalized spacial score (nSPS) is 9.86. The zero-order valence-corrected chi connectivity index (χ0v) is 51.7. The van der Waals surface area contributed by atoms with Crippen molar-refractivity contribution in [3.05, 3.63) is 266 Å². The van der Waals surface area contributed by atoms with Gasteiger partial charge in [-0.15, -0.1) is 0 Å². The average molecular weight is 1110 g/mol. The van der Waals surface area contributed by atoms with Crippen LogP contribution in [0.15, 0.2) is 194 Å². The second-order valence-electron chi connectivity index (χ2n) is 20.8. The molecule has 0 saturated carbocycles. The Labute approximate surface area is 507 Å². The van der Waals surface area contributed by atoms with Crippen LogP contribution in [0.2, 0.25) is 0 Å². The predicted molar refractivity (Wildman–Crippen MR) is 357 cm³/mol. The van der Waals surface area contributed by atoms with Crippen LogP contribution in [0.5, 0.6) is 17.2 Å². The molecular formula is C81H90O3. The van der Waals surface area contributed by atoms with Gasteiger partial charge in [-0.05, 0) is 228 Å². The SMILES string of the molecule is CCCCCc1ccc(C#Cc2ccc(C)cc2)cc1.CCCCCc1ccc(C#Cc2ccc(OC)cc2)cc1.CCCCCc1ccc(C#Cc2ccc(OCC)cc2)cc1.CCCCc1ccc(C#Cc2ccc(OCC)cc2)cc1. The van der Waals surface area contributed by atoms with Crippen LogP contribution in [0, 0.1) is 54.3 Å². The Hall–Kier alpha value is -8.60. The summed E-state index contributed by atoms with van der Waals surface area (Å²) in [6, 6.07) is 66.4. The number of unbranched alkanes of at least 4 members (excludes halogenated alkanes) is 7. The van der Waals surface area contributed by atoms with Crippen molar-refractivity contribution in [2.45, 2.75) is 145 Å². The van der Waals surface area contributed by atoms with E-state index in [9.17, 15) is 0 Å². The van der Waals surface area contributed by atoms with E-state index < -0.39 is 0 Å². The topological polar surface area (TPSA) is 27.7 Å². The molecule has 0 N–H and O–H groups in total. The molecule has 3 nitrogen and oxygen atoms in total. The number of ether oxygens (including phenoxy) is 3. The van der Waals surface area contributed by atoms with Crippen molar-refractivity contribution in [3.8, 4) is 64.6 Å². The fraction of sp³-hybridized carbons (Fsp3) is 0.309. The molecule has 0 aliphatic heterocycles. The van der Waals surface area contributed by atoms with Gasteiger partial charge in [-0.1, -0.05) is 186 Å². The quantitative estimate of drug-likeness (QED) is 0.0562. The zero-order chi connectivity index (χ0) is 59.7. The molecule has 0 bridgehead atoms. The molecule has 0 aliphatic rings. The molecule has 3 heteroatoms. The molecule has 8 aromatic carbocycles. The van der Waals surface area contributed by atoms with Crippen LogP contribution < -0.4 is 14.2 Å². The zero-order valence-electron chi connectivity index (χ0n) is 51.7.